The number of amides is 9. The Kier molecular flexibility index (Phi) is 24.1. The van der Waals surface area contributed by atoms with Gasteiger partial charge in [-0.1, -0.05) is 30.3 Å². The van der Waals surface area contributed by atoms with Gasteiger partial charge in [0.15, 0.2) is 5.96 Å². The van der Waals surface area contributed by atoms with E-state index in [1.165, 1.54) is 6.92 Å². The van der Waals surface area contributed by atoms with E-state index in [0.717, 1.165) is 4.90 Å². The van der Waals surface area contributed by atoms with E-state index >= 15 is 0 Å². The summed E-state index contributed by atoms with van der Waals surface area (Å²) in [5, 5.41) is 47.2. The first kappa shape index (κ1) is 56.1. The lowest BCUT2D eigenvalue weighted by molar-refractivity contribution is -0.144. The average molecular weight is 966 g/mol. The van der Waals surface area contributed by atoms with E-state index in [1.54, 1.807) is 30.3 Å². The molecular formula is C39H59N13O14S. The molecule has 7 atom stereocenters. The molecule has 27 nitrogen and oxygen atoms in total. The third-order valence-electron chi connectivity index (χ3n) is 9.77. The summed E-state index contributed by atoms with van der Waals surface area (Å²) in [4.78, 5) is 145. The van der Waals surface area contributed by atoms with Crippen molar-refractivity contribution in [1.82, 2.24) is 47.4 Å². The number of nitrogens with zero attached hydrogens (tertiary/aromatic N) is 2. The maximum atomic E-state index is 13.5. The number of aliphatic imine (C=N–C) groups is 1. The van der Waals surface area contributed by atoms with Gasteiger partial charge in [0.25, 0.3) is 0 Å². The molecule has 1 aliphatic rings. The van der Waals surface area contributed by atoms with E-state index in [4.69, 9.17) is 22.3 Å². The SMILES string of the molecule is C[C@H](NC(=O)[C@H](CS)NC(=O)[C@@H]1CCCN1C(=O)[C@H](CO)NC(=O)[C@H](CC(=O)O)NC(=O)CNC(=O)[C@H](CCCN=C(N)N)NC(=O)CNC(=O)[C@H](Cc1ccccc1)NC(=O)CN)C(=O)O. The summed E-state index contributed by atoms with van der Waals surface area (Å²) in [6, 6.07) is -1.19. The average Bonchev–Trinajstić information content (AvgIpc) is 3.79. The summed E-state index contributed by atoms with van der Waals surface area (Å²) in [5.41, 5.74) is 16.8. The van der Waals surface area contributed by atoms with Gasteiger partial charge in [-0.25, -0.2) is 0 Å². The van der Waals surface area contributed by atoms with Crippen LogP contribution < -0.4 is 59.7 Å². The van der Waals surface area contributed by atoms with Crippen LogP contribution in [0.4, 0.5) is 0 Å². The van der Waals surface area contributed by atoms with Gasteiger partial charge < -0.3 is 80.0 Å². The van der Waals surface area contributed by atoms with Gasteiger partial charge in [-0.05, 0) is 38.2 Å². The predicted octanol–water partition coefficient (Wildman–Crippen LogP) is -7.13. The number of carboxylic acid groups (broad SMARTS) is 2. The van der Waals surface area contributed by atoms with Crippen LogP contribution in [0.2, 0.25) is 0 Å². The summed E-state index contributed by atoms with van der Waals surface area (Å²) < 4.78 is 0. The van der Waals surface area contributed by atoms with Gasteiger partial charge in [0.1, 0.15) is 42.3 Å². The lowest BCUT2D eigenvalue weighted by atomic mass is 10.1. The number of guanidine groups is 1. The van der Waals surface area contributed by atoms with E-state index in [0.29, 0.717) is 5.56 Å². The molecule has 67 heavy (non-hydrogen) atoms. The van der Waals surface area contributed by atoms with E-state index in [-0.39, 0.29) is 56.9 Å². The molecule has 1 saturated heterocycles. The number of hydrogen-bond donors (Lipinski definition) is 15. The van der Waals surface area contributed by atoms with Gasteiger partial charge in [0.05, 0.1) is 32.7 Å². The van der Waals surface area contributed by atoms with Crippen LogP contribution in [-0.2, 0) is 59.2 Å². The zero-order valence-electron chi connectivity index (χ0n) is 36.5. The minimum absolute atomic E-state index is 0.0272. The quantitative estimate of drug-likeness (QED) is 0.0161. The second kappa shape index (κ2) is 28.8. The molecular weight excluding hydrogens is 907 g/mol. The van der Waals surface area contributed by atoms with Crippen molar-refractivity contribution in [2.75, 3.05) is 45.1 Å². The van der Waals surface area contributed by atoms with Crippen LogP contribution in [0.25, 0.3) is 0 Å². The summed E-state index contributed by atoms with van der Waals surface area (Å²) in [7, 11) is 0. The van der Waals surface area contributed by atoms with Crippen molar-refractivity contribution in [2.24, 2.45) is 22.2 Å². The smallest absolute Gasteiger partial charge is 0.325 e. The zero-order chi connectivity index (χ0) is 50.2. The van der Waals surface area contributed by atoms with Crippen LogP contribution in [0.1, 0.15) is 44.6 Å². The number of carbonyl (C=O) groups excluding carboxylic acids is 9. The summed E-state index contributed by atoms with van der Waals surface area (Å²) in [6.45, 7) is -1.75. The number of aliphatic carboxylic acids is 2. The minimum atomic E-state index is -1.87. The largest absolute Gasteiger partial charge is 0.481 e. The number of hydrogen-bond acceptors (Lipinski definition) is 15. The Hall–Kier alpha value is -7.07. The normalized spacial score (nSPS) is 15.6. The number of aliphatic hydroxyl groups excluding tert-OH is 1. The summed E-state index contributed by atoms with van der Waals surface area (Å²) in [6.07, 6.45) is -0.538. The number of carbonyl (C=O) groups is 11. The van der Waals surface area contributed by atoms with Crippen molar-refractivity contribution >= 4 is 83.7 Å². The third kappa shape index (κ3) is 19.9. The van der Waals surface area contributed by atoms with Crippen LogP contribution in [0.5, 0.6) is 0 Å². The number of benzene rings is 1. The molecule has 1 aliphatic heterocycles. The first-order chi connectivity index (χ1) is 31.7. The molecule has 0 spiro atoms. The highest BCUT2D eigenvalue weighted by Gasteiger charge is 2.40. The second-order valence-corrected chi connectivity index (χ2v) is 15.3. The van der Waals surface area contributed by atoms with Crippen LogP contribution in [-0.4, -0.2) is 179 Å². The van der Waals surface area contributed by atoms with Gasteiger partial charge in [-0.2, -0.15) is 12.6 Å². The number of nitrogens with one attached hydrogen (secondary N) is 8. The predicted molar refractivity (Wildman–Crippen MR) is 238 cm³/mol. The Balaban J connectivity index is 2.10. The number of nitrogens with two attached hydrogens (primary N) is 3. The van der Waals surface area contributed by atoms with Crippen LogP contribution in [0.3, 0.4) is 0 Å². The molecule has 1 heterocycles. The molecule has 0 unspecified atom stereocenters. The van der Waals surface area contributed by atoms with Crippen molar-refractivity contribution in [3.05, 3.63) is 35.9 Å². The van der Waals surface area contributed by atoms with Crippen molar-refractivity contribution < 1.29 is 68.1 Å². The molecule has 28 heteroatoms. The first-order valence-corrected chi connectivity index (χ1v) is 21.4. The molecule has 2 rings (SSSR count). The van der Waals surface area contributed by atoms with Gasteiger partial charge >= 0.3 is 11.9 Å². The maximum Gasteiger partial charge on any atom is 0.325 e. The number of likely N-dealkylation sites (tertiary alicyclic amines) is 1. The molecule has 0 aliphatic carbocycles. The number of aliphatic hydroxyl groups is 1. The standard InChI is InChI=1S/C39H59N13O14S/c1-20(38(65)66)46-35(62)26(19-67)51-36(63)27-10-6-12-52(27)37(64)25(18-53)50-34(61)24(14-31(57)58)49-30(56)17-44-32(59)22(9-5-11-43-39(41)42)47-29(55)16-45-33(60)23(48-28(54)15-40)13-21-7-3-2-4-8-21/h2-4,7-8,20,22-27,53,67H,5-6,9-19,40H2,1H3,(H,44,59)(H,45,60)(H,46,62)(H,47,55)(H,48,54)(H,49,56)(H,50,61)(H,51,63)(H,57,58)(H,65,66)(H4,41,42,43)/t20-,22-,23-,24-,25-,26-,27-/m0/s1. The lowest BCUT2D eigenvalue weighted by Gasteiger charge is -2.29. The molecule has 0 aromatic heterocycles. The molecule has 0 radical (unpaired) electrons. The molecule has 370 valence electrons. The Bertz CT molecular complexity index is 1970. The van der Waals surface area contributed by atoms with Gasteiger partial charge in [-0.3, -0.25) is 57.7 Å². The van der Waals surface area contributed by atoms with E-state index in [1.807, 2.05) is 0 Å². The van der Waals surface area contributed by atoms with Crippen LogP contribution >= 0.6 is 12.6 Å². The Morgan fingerprint density at radius 3 is 1.90 bits per heavy atom. The fraction of sp³-hybridized carbons (Fsp3) is 0.538. The second-order valence-electron chi connectivity index (χ2n) is 15.0. The Labute approximate surface area is 389 Å². The number of carboxylic acids is 2. The van der Waals surface area contributed by atoms with E-state index in [9.17, 15) is 63.0 Å². The molecule has 1 aromatic carbocycles. The third-order valence-corrected chi connectivity index (χ3v) is 10.1. The Morgan fingerprint density at radius 1 is 0.761 bits per heavy atom. The highest BCUT2D eigenvalue weighted by molar-refractivity contribution is 7.80. The topological polar surface area (TPSA) is 438 Å². The molecule has 9 amide bonds. The maximum absolute atomic E-state index is 13.5. The summed E-state index contributed by atoms with van der Waals surface area (Å²) >= 11 is 4.04. The Morgan fingerprint density at radius 2 is 1.34 bits per heavy atom. The number of rotatable bonds is 28. The lowest BCUT2D eigenvalue weighted by Crippen LogP contribution is -2.60. The molecule has 17 N–H and O–H groups in total. The van der Waals surface area contributed by atoms with Gasteiger partial charge in [0.2, 0.25) is 53.2 Å². The van der Waals surface area contributed by atoms with E-state index < -0.39 is 140 Å². The minimum Gasteiger partial charge on any atom is -0.481 e. The van der Waals surface area contributed by atoms with Crippen molar-refractivity contribution in [2.45, 2.75) is 87.7 Å². The fourth-order valence-corrected chi connectivity index (χ4v) is 6.60. The fourth-order valence-electron chi connectivity index (χ4n) is 6.34. The molecule has 0 saturated carbocycles. The molecule has 1 aromatic rings. The van der Waals surface area contributed by atoms with Gasteiger partial charge in [-0.15, -0.1) is 0 Å². The zero-order valence-corrected chi connectivity index (χ0v) is 37.4. The van der Waals surface area contributed by atoms with Crippen LogP contribution in [0, 0.1) is 0 Å². The van der Waals surface area contributed by atoms with Crippen LogP contribution in [0.15, 0.2) is 35.3 Å². The monoisotopic (exact) mass is 965 g/mol. The van der Waals surface area contributed by atoms with E-state index in [2.05, 4.69) is 60.2 Å². The first-order valence-electron chi connectivity index (χ1n) is 20.8. The molecule has 1 fully saturated rings. The highest BCUT2D eigenvalue weighted by Crippen LogP contribution is 2.19. The van der Waals surface area contributed by atoms with Crippen molar-refractivity contribution in [3.8, 4) is 0 Å². The molecule has 0 bridgehead atoms. The number of thiol groups is 1. The van der Waals surface area contributed by atoms with Gasteiger partial charge in [0, 0.05) is 25.3 Å². The highest BCUT2D eigenvalue weighted by atomic mass is 32.1. The van der Waals surface area contributed by atoms with Crippen molar-refractivity contribution in [3.63, 3.8) is 0 Å². The summed E-state index contributed by atoms with van der Waals surface area (Å²) in [5.74, 6) is -11.5. The van der Waals surface area contributed by atoms with Crippen molar-refractivity contribution in [1.29, 1.82) is 0 Å².